The fourth-order valence-corrected chi connectivity index (χ4v) is 1.18. The molecule has 0 saturated heterocycles. The van der Waals surface area contributed by atoms with E-state index < -0.39 is 35.2 Å². The molecule has 0 aliphatic heterocycles. The minimum atomic E-state index is -4.32. The molecule has 0 amide bonds. The Morgan fingerprint density at radius 1 is 1.25 bits per heavy atom. The van der Waals surface area contributed by atoms with Crippen molar-refractivity contribution in [2.24, 2.45) is 0 Å². The van der Waals surface area contributed by atoms with Crippen LogP contribution in [0.1, 0.15) is 22.6 Å². The molecular formula is C6H12Na2O7S. The van der Waals surface area contributed by atoms with Crippen molar-refractivity contribution in [1.29, 1.82) is 0 Å². The molecule has 16 heavy (non-hydrogen) atoms. The Kier molecular flexibility index (Phi) is 15.1. The van der Waals surface area contributed by atoms with E-state index in [1.807, 2.05) is 0 Å². The largest absolute Gasteiger partial charge is 1.00 e. The Morgan fingerprint density at radius 2 is 1.75 bits per heavy atom. The van der Waals surface area contributed by atoms with Crippen molar-refractivity contribution in [1.82, 2.24) is 0 Å². The van der Waals surface area contributed by atoms with E-state index >= 15 is 0 Å². The van der Waals surface area contributed by atoms with Crippen molar-refractivity contribution in [2.75, 3.05) is 6.61 Å². The van der Waals surface area contributed by atoms with Gasteiger partial charge in [-0.2, -0.15) is 8.42 Å². The van der Waals surface area contributed by atoms with Crippen molar-refractivity contribution >= 4 is 22.3 Å². The van der Waals surface area contributed by atoms with Crippen LogP contribution in [-0.2, 0) is 28.4 Å². The van der Waals surface area contributed by atoms with Crippen molar-refractivity contribution in [3.63, 3.8) is 0 Å². The quantitative estimate of drug-likeness (QED) is 0.480. The molecule has 1 N–H and O–H groups in total. The average Bonchev–Trinajstić information content (AvgIpc) is 1.99. The van der Waals surface area contributed by atoms with E-state index in [-0.39, 0.29) is 68.6 Å². The normalized spacial score (nSPS) is 9.56. The predicted molar refractivity (Wildman–Crippen MR) is 45.7 cm³/mol. The third-order valence-corrected chi connectivity index (χ3v) is 1.91. The maximum Gasteiger partial charge on any atom is 1.00 e. The van der Waals surface area contributed by atoms with Gasteiger partial charge in [-0.3, -0.25) is 9.59 Å². The van der Waals surface area contributed by atoms with Crippen LogP contribution in [0.3, 0.4) is 0 Å². The minimum Gasteiger partial charge on any atom is -1.00 e. The SMILES string of the molecule is CCOS(=O)(=O)OC(=O)CCC(=O)O.[H-].[H-].[Na+].[Na+]. The Labute approximate surface area is 141 Å². The number of hydrogen-bond acceptors (Lipinski definition) is 6. The second kappa shape index (κ2) is 11.0. The molecule has 0 spiro atoms. The summed E-state index contributed by atoms with van der Waals surface area (Å²) >= 11 is 0. The van der Waals surface area contributed by atoms with Crippen LogP contribution in [0.5, 0.6) is 0 Å². The summed E-state index contributed by atoms with van der Waals surface area (Å²) in [6.07, 6.45) is -0.998. The predicted octanol–water partition coefficient (Wildman–Crippen LogP) is -6.09. The van der Waals surface area contributed by atoms with Gasteiger partial charge in [-0.25, -0.2) is 4.18 Å². The number of hydrogen-bond donors (Lipinski definition) is 1. The second-order valence-electron chi connectivity index (χ2n) is 2.16. The summed E-state index contributed by atoms with van der Waals surface area (Å²) in [5.41, 5.74) is 0. The Bertz CT molecular complexity index is 322. The van der Waals surface area contributed by atoms with Gasteiger partial charge in [0.2, 0.25) is 0 Å². The van der Waals surface area contributed by atoms with Crippen LogP contribution in [0, 0.1) is 0 Å². The molecule has 7 nitrogen and oxygen atoms in total. The number of rotatable bonds is 6. The molecule has 0 unspecified atom stereocenters. The van der Waals surface area contributed by atoms with Gasteiger partial charge in [-0.05, 0) is 6.92 Å². The zero-order valence-electron chi connectivity index (χ0n) is 11.4. The van der Waals surface area contributed by atoms with Gasteiger partial charge in [0.25, 0.3) is 0 Å². The molecule has 0 aromatic heterocycles. The van der Waals surface area contributed by atoms with E-state index in [1.165, 1.54) is 6.92 Å². The summed E-state index contributed by atoms with van der Waals surface area (Å²) in [5.74, 6) is -2.36. The summed E-state index contributed by atoms with van der Waals surface area (Å²) < 4.78 is 29.3. The number of carbonyl (C=O) groups is 2. The standard InChI is InChI=1S/C6H10O7S.2Na.2H/c1-2-12-14(10,11)13-6(9)4-3-5(7)8;;;;/h2-4H2,1H3,(H,7,8);;;;/q;2*+1;2*-1. The van der Waals surface area contributed by atoms with Gasteiger partial charge in [0.1, 0.15) is 0 Å². The first-order valence-electron chi connectivity index (χ1n) is 3.71. The van der Waals surface area contributed by atoms with E-state index in [1.54, 1.807) is 0 Å². The second-order valence-corrected chi connectivity index (χ2v) is 3.38. The molecule has 0 bridgehead atoms. The number of aliphatic carboxylic acids is 1. The number of carboxylic acids is 1. The zero-order chi connectivity index (χ0) is 11.2. The van der Waals surface area contributed by atoms with Crippen LogP contribution in [-0.4, -0.2) is 32.1 Å². The van der Waals surface area contributed by atoms with E-state index in [2.05, 4.69) is 8.37 Å². The number of carboxylic acid groups (broad SMARTS) is 1. The first-order chi connectivity index (χ1) is 6.37. The summed E-state index contributed by atoms with van der Waals surface area (Å²) in [6, 6.07) is 0. The molecule has 0 rings (SSSR count). The molecule has 0 heterocycles. The maximum absolute atomic E-state index is 10.7. The van der Waals surface area contributed by atoms with Crippen molar-refractivity contribution in [2.45, 2.75) is 19.8 Å². The first kappa shape index (κ1) is 22.1. The molecule has 0 aromatic rings. The molecule has 86 valence electrons. The smallest absolute Gasteiger partial charge is 1.00 e. The van der Waals surface area contributed by atoms with E-state index in [9.17, 15) is 18.0 Å². The Balaban J connectivity index is -0.000000141. The fraction of sp³-hybridized carbons (Fsp3) is 0.667. The average molecular weight is 274 g/mol. The molecule has 0 saturated carbocycles. The molecule has 0 radical (unpaired) electrons. The van der Waals surface area contributed by atoms with E-state index in [4.69, 9.17) is 5.11 Å². The van der Waals surface area contributed by atoms with Gasteiger partial charge in [0.05, 0.1) is 19.4 Å². The molecule has 0 aliphatic rings. The Hall–Kier alpha value is 0.850. The third-order valence-electron chi connectivity index (χ3n) is 1.00. The Morgan fingerprint density at radius 3 is 2.12 bits per heavy atom. The molecule has 10 heteroatoms. The van der Waals surface area contributed by atoms with E-state index in [0.29, 0.717) is 0 Å². The van der Waals surface area contributed by atoms with E-state index in [0.717, 1.165) is 0 Å². The van der Waals surface area contributed by atoms with Crippen molar-refractivity contribution in [3.05, 3.63) is 0 Å². The van der Waals surface area contributed by atoms with Crippen LogP contribution in [0.25, 0.3) is 0 Å². The van der Waals surface area contributed by atoms with Crippen LogP contribution < -0.4 is 59.1 Å². The summed E-state index contributed by atoms with van der Waals surface area (Å²) in [7, 11) is -4.32. The van der Waals surface area contributed by atoms with Crippen LogP contribution in [0.2, 0.25) is 0 Å². The summed E-state index contributed by atoms with van der Waals surface area (Å²) in [4.78, 5) is 20.7. The maximum atomic E-state index is 10.7. The zero-order valence-corrected chi connectivity index (χ0v) is 14.2. The van der Waals surface area contributed by atoms with Gasteiger partial charge < -0.3 is 12.1 Å². The van der Waals surface area contributed by atoms with Crippen LogP contribution in [0.4, 0.5) is 0 Å². The molecule has 0 atom stereocenters. The molecule has 0 fully saturated rings. The topological polar surface area (TPSA) is 107 Å². The van der Waals surface area contributed by atoms with Crippen molar-refractivity contribution < 1.29 is 93.4 Å². The fourth-order valence-electron chi connectivity index (χ4n) is 0.533. The van der Waals surface area contributed by atoms with Crippen molar-refractivity contribution in [3.8, 4) is 0 Å². The van der Waals surface area contributed by atoms with Gasteiger partial charge in [0, 0.05) is 0 Å². The molecular weight excluding hydrogens is 262 g/mol. The summed E-state index contributed by atoms with van der Waals surface area (Å²) in [6.45, 7) is 1.25. The summed E-state index contributed by atoms with van der Waals surface area (Å²) in [5, 5.41) is 8.18. The van der Waals surface area contributed by atoms with Crippen LogP contribution >= 0.6 is 0 Å². The number of carbonyl (C=O) groups excluding carboxylic acids is 1. The van der Waals surface area contributed by atoms with Gasteiger partial charge in [0.15, 0.2) is 0 Å². The van der Waals surface area contributed by atoms with Gasteiger partial charge in [-0.15, -0.1) is 0 Å². The molecule has 0 aromatic carbocycles. The third kappa shape index (κ3) is 12.9. The minimum absolute atomic E-state index is 0. The first-order valence-corrected chi connectivity index (χ1v) is 5.04. The van der Waals surface area contributed by atoms with Gasteiger partial charge >= 0.3 is 81.5 Å². The van der Waals surface area contributed by atoms with Gasteiger partial charge in [-0.1, -0.05) is 0 Å². The monoisotopic (exact) mass is 274 g/mol. The molecule has 0 aliphatic carbocycles. The van der Waals surface area contributed by atoms with Crippen LogP contribution in [0.15, 0.2) is 0 Å².